The van der Waals surface area contributed by atoms with Crippen LogP contribution in [0.2, 0.25) is 0 Å². The molecule has 11 heteroatoms. The van der Waals surface area contributed by atoms with Gasteiger partial charge in [-0.1, -0.05) is 26.0 Å². The van der Waals surface area contributed by atoms with Gasteiger partial charge in [0.1, 0.15) is 17.1 Å². The average molecular weight is 444 g/mol. The molecular weight excluding hydrogens is 416 g/mol. The number of aromatic nitrogens is 2. The Morgan fingerprint density at radius 1 is 1.16 bits per heavy atom. The van der Waals surface area contributed by atoms with E-state index in [1.165, 1.54) is 17.7 Å². The van der Waals surface area contributed by atoms with Crippen molar-refractivity contribution in [3.8, 4) is 0 Å². The molecule has 0 spiro atoms. The summed E-state index contributed by atoms with van der Waals surface area (Å²) in [4.78, 5) is 52.7. The summed E-state index contributed by atoms with van der Waals surface area (Å²) in [5.74, 6) is -0.444. The van der Waals surface area contributed by atoms with Crippen molar-refractivity contribution in [1.82, 2.24) is 14.0 Å². The summed E-state index contributed by atoms with van der Waals surface area (Å²) in [6.45, 7) is 6.08. The molecule has 172 valence electrons. The van der Waals surface area contributed by atoms with Gasteiger partial charge in [-0.2, -0.15) is 0 Å². The number of nitro benzene ring substituents is 1. The van der Waals surface area contributed by atoms with Crippen LogP contribution in [0, 0.1) is 16.0 Å². The van der Waals surface area contributed by atoms with Crippen LogP contribution in [0.5, 0.6) is 0 Å². The van der Waals surface area contributed by atoms with E-state index >= 15 is 0 Å². The smallest absolute Gasteiger partial charge is 0.332 e. The van der Waals surface area contributed by atoms with E-state index in [2.05, 4.69) is 0 Å². The van der Waals surface area contributed by atoms with Gasteiger partial charge in [0.2, 0.25) is 0 Å². The Morgan fingerprint density at radius 3 is 2.38 bits per heavy atom. The van der Waals surface area contributed by atoms with Crippen molar-refractivity contribution in [2.75, 3.05) is 43.4 Å². The lowest BCUT2D eigenvalue weighted by molar-refractivity contribution is -0.384. The number of hydrogen-bond acceptors (Lipinski definition) is 8. The summed E-state index contributed by atoms with van der Waals surface area (Å²) in [5.41, 5.74) is 5.26. The van der Waals surface area contributed by atoms with Crippen molar-refractivity contribution < 1.29 is 9.72 Å². The third kappa shape index (κ3) is 4.57. The molecule has 3 rings (SSSR count). The number of rotatable bonds is 7. The molecule has 0 radical (unpaired) electrons. The first-order valence-electron chi connectivity index (χ1n) is 10.4. The lowest BCUT2D eigenvalue weighted by Crippen LogP contribution is -2.49. The maximum atomic E-state index is 13.0. The highest BCUT2D eigenvalue weighted by Gasteiger charge is 2.27. The van der Waals surface area contributed by atoms with Crippen molar-refractivity contribution in [3.05, 3.63) is 60.8 Å². The molecule has 1 saturated heterocycles. The van der Waals surface area contributed by atoms with Crippen LogP contribution in [0.1, 0.15) is 24.2 Å². The number of nitrogens with zero attached hydrogens (tertiary/aromatic N) is 5. The number of anilines is 2. The van der Waals surface area contributed by atoms with E-state index in [0.29, 0.717) is 38.4 Å². The minimum Gasteiger partial charge on any atom is -0.384 e. The summed E-state index contributed by atoms with van der Waals surface area (Å²) in [7, 11) is 1.34. The fourth-order valence-corrected chi connectivity index (χ4v) is 3.90. The number of piperazine rings is 1. The van der Waals surface area contributed by atoms with Gasteiger partial charge in [-0.3, -0.25) is 33.7 Å². The average Bonchev–Trinajstić information content (AvgIpc) is 2.76. The molecule has 1 aliphatic heterocycles. The highest BCUT2D eigenvalue weighted by atomic mass is 16.6. The maximum Gasteiger partial charge on any atom is 0.332 e. The van der Waals surface area contributed by atoms with Crippen LogP contribution in [-0.2, 0) is 13.6 Å². The monoisotopic (exact) mass is 444 g/mol. The maximum absolute atomic E-state index is 13.0. The second kappa shape index (κ2) is 9.35. The first kappa shape index (κ1) is 23.2. The van der Waals surface area contributed by atoms with Crippen LogP contribution in [0.15, 0.2) is 33.9 Å². The number of hydrogen-bond donors (Lipinski definition) is 1. The number of para-hydroxylation sites is 2. The van der Waals surface area contributed by atoms with Crippen molar-refractivity contribution in [2.24, 2.45) is 13.0 Å². The lowest BCUT2D eigenvalue weighted by Gasteiger charge is -2.35. The van der Waals surface area contributed by atoms with Gasteiger partial charge in [-0.25, -0.2) is 4.79 Å². The molecule has 2 heterocycles. The Hall–Kier alpha value is -3.47. The topological polar surface area (TPSA) is 137 Å². The second-order valence-electron chi connectivity index (χ2n) is 8.34. The molecule has 1 aromatic heterocycles. The zero-order valence-electron chi connectivity index (χ0n) is 18.5. The fourth-order valence-electron chi connectivity index (χ4n) is 3.90. The standard InChI is InChI=1S/C21H28N6O5/c1-14(2)12-26-19(22)18(20(29)23(3)21(26)30)17(28)13-24-8-10-25(11-9-24)15-6-4-5-7-16(15)27(31)32/h4-7,14H,8-13,22H2,1-3H3. The molecule has 0 bridgehead atoms. The van der Waals surface area contributed by atoms with Gasteiger partial charge in [0.25, 0.3) is 11.2 Å². The number of ketones is 1. The molecule has 0 aliphatic carbocycles. The summed E-state index contributed by atoms with van der Waals surface area (Å²) >= 11 is 0. The van der Waals surface area contributed by atoms with Crippen LogP contribution in [0.25, 0.3) is 0 Å². The third-order valence-electron chi connectivity index (χ3n) is 5.57. The highest BCUT2D eigenvalue weighted by Crippen LogP contribution is 2.28. The molecule has 32 heavy (non-hydrogen) atoms. The molecule has 1 aromatic carbocycles. The SMILES string of the molecule is CC(C)Cn1c(N)c(C(=O)CN2CCN(c3ccccc3[N+](=O)[O-])CC2)c(=O)n(C)c1=O. The second-order valence-corrected chi connectivity index (χ2v) is 8.34. The first-order valence-corrected chi connectivity index (χ1v) is 10.4. The molecule has 0 saturated carbocycles. The lowest BCUT2D eigenvalue weighted by atomic mass is 10.1. The molecule has 0 amide bonds. The van der Waals surface area contributed by atoms with Gasteiger partial charge in [0.05, 0.1) is 11.5 Å². The highest BCUT2D eigenvalue weighted by molar-refractivity contribution is 6.01. The number of nitrogens with two attached hydrogens (primary N) is 1. The van der Waals surface area contributed by atoms with E-state index < -0.39 is 22.0 Å². The quantitative estimate of drug-likeness (QED) is 0.374. The van der Waals surface area contributed by atoms with Gasteiger partial charge < -0.3 is 10.6 Å². The van der Waals surface area contributed by atoms with E-state index in [1.807, 2.05) is 23.6 Å². The zero-order valence-corrected chi connectivity index (χ0v) is 18.5. The minimum absolute atomic E-state index is 0.0238. The molecule has 2 aromatic rings. The van der Waals surface area contributed by atoms with Crippen molar-refractivity contribution >= 4 is 23.0 Å². The molecule has 2 N–H and O–H groups in total. The zero-order chi connectivity index (χ0) is 23.6. The van der Waals surface area contributed by atoms with E-state index in [0.717, 1.165) is 4.57 Å². The van der Waals surface area contributed by atoms with Gasteiger partial charge in [-0.15, -0.1) is 0 Å². The molecule has 1 aliphatic rings. The fraction of sp³-hybridized carbons (Fsp3) is 0.476. The first-order chi connectivity index (χ1) is 15.1. The predicted octanol–water partition coefficient (Wildman–Crippen LogP) is 0.698. The van der Waals surface area contributed by atoms with Crippen LogP contribution in [-0.4, -0.2) is 57.5 Å². The van der Waals surface area contributed by atoms with E-state index in [9.17, 15) is 24.5 Å². The van der Waals surface area contributed by atoms with Crippen LogP contribution in [0.4, 0.5) is 17.2 Å². The minimum atomic E-state index is -0.698. The number of carbonyl (C=O) groups is 1. The van der Waals surface area contributed by atoms with E-state index in [1.54, 1.807) is 18.2 Å². The summed E-state index contributed by atoms with van der Waals surface area (Å²) < 4.78 is 2.18. The summed E-state index contributed by atoms with van der Waals surface area (Å²) in [6, 6.07) is 6.56. The van der Waals surface area contributed by atoms with Crippen molar-refractivity contribution in [3.63, 3.8) is 0 Å². The number of Topliss-reactive ketones (excluding diaryl/α,β-unsaturated/α-hetero) is 1. The largest absolute Gasteiger partial charge is 0.384 e. The molecule has 0 atom stereocenters. The summed E-state index contributed by atoms with van der Waals surface area (Å²) in [6.07, 6.45) is 0. The number of nitrogen functional groups attached to an aromatic ring is 1. The molecule has 1 fully saturated rings. The van der Waals surface area contributed by atoms with Gasteiger partial charge >= 0.3 is 5.69 Å². The van der Waals surface area contributed by atoms with Crippen LogP contribution >= 0.6 is 0 Å². The Balaban J connectivity index is 1.76. The van der Waals surface area contributed by atoms with Crippen LogP contribution in [0.3, 0.4) is 0 Å². The summed E-state index contributed by atoms with van der Waals surface area (Å²) in [5, 5.41) is 11.3. The van der Waals surface area contributed by atoms with Crippen molar-refractivity contribution in [2.45, 2.75) is 20.4 Å². The molecule has 11 nitrogen and oxygen atoms in total. The normalized spacial score (nSPS) is 14.7. The van der Waals surface area contributed by atoms with E-state index in [-0.39, 0.29) is 29.5 Å². The number of carbonyl (C=O) groups excluding carboxylic acids is 1. The Labute approximate surface area is 184 Å². The third-order valence-corrected chi connectivity index (χ3v) is 5.57. The number of nitro groups is 1. The molecule has 0 unspecified atom stereocenters. The van der Waals surface area contributed by atoms with Gasteiger partial charge in [0.15, 0.2) is 5.78 Å². The van der Waals surface area contributed by atoms with Crippen LogP contribution < -0.4 is 21.9 Å². The van der Waals surface area contributed by atoms with Crippen molar-refractivity contribution in [1.29, 1.82) is 0 Å². The number of benzene rings is 1. The van der Waals surface area contributed by atoms with E-state index in [4.69, 9.17) is 5.73 Å². The van der Waals surface area contributed by atoms with Gasteiger partial charge in [0, 0.05) is 45.8 Å². The Kier molecular flexibility index (Phi) is 6.78. The predicted molar refractivity (Wildman–Crippen MR) is 121 cm³/mol. The molecular formula is C21H28N6O5. The Bertz CT molecular complexity index is 1140. The van der Waals surface area contributed by atoms with Gasteiger partial charge in [-0.05, 0) is 12.0 Å². The Morgan fingerprint density at radius 2 is 1.78 bits per heavy atom.